The van der Waals surface area contributed by atoms with E-state index in [-0.39, 0.29) is 19.1 Å². The molecular formula is C14H21NO3. The highest BCUT2D eigenvalue weighted by molar-refractivity contribution is 5.77. The third-order valence-corrected chi connectivity index (χ3v) is 2.55. The molecule has 4 nitrogen and oxygen atoms in total. The number of carbonyl (C=O) groups is 1. The van der Waals surface area contributed by atoms with Crippen molar-refractivity contribution in [2.45, 2.75) is 32.8 Å². The van der Waals surface area contributed by atoms with Gasteiger partial charge in [-0.15, -0.1) is 0 Å². The lowest BCUT2D eigenvalue weighted by molar-refractivity contribution is -0.123. The van der Waals surface area contributed by atoms with Crippen molar-refractivity contribution >= 4 is 5.91 Å². The van der Waals surface area contributed by atoms with Gasteiger partial charge in [0.25, 0.3) is 5.91 Å². The van der Waals surface area contributed by atoms with Crippen LogP contribution >= 0.6 is 0 Å². The Morgan fingerprint density at radius 2 is 2.22 bits per heavy atom. The molecule has 0 aliphatic carbocycles. The summed E-state index contributed by atoms with van der Waals surface area (Å²) in [7, 11) is 0. The maximum absolute atomic E-state index is 11.4. The SMILES string of the molecule is CCCCCNC(=O)COc1cccc(CO)c1. The van der Waals surface area contributed by atoms with Crippen LogP contribution in [0, 0.1) is 0 Å². The molecule has 0 radical (unpaired) electrons. The van der Waals surface area contributed by atoms with Crippen LogP contribution in [0.5, 0.6) is 5.75 Å². The number of hydrogen-bond donors (Lipinski definition) is 2. The summed E-state index contributed by atoms with van der Waals surface area (Å²) in [6.45, 7) is 2.81. The van der Waals surface area contributed by atoms with Crippen molar-refractivity contribution in [1.29, 1.82) is 0 Å². The minimum absolute atomic E-state index is 0.0149. The number of aliphatic hydroxyl groups excluding tert-OH is 1. The molecule has 0 bridgehead atoms. The summed E-state index contributed by atoms with van der Waals surface area (Å²) >= 11 is 0. The molecule has 1 aromatic rings. The standard InChI is InChI=1S/C14H21NO3/c1-2-3-4-8-15-14(17)11-18-13-7-5-6-12(9-13)10-16/h5-7,9,16H,2-4,8,10-11H2,1H3,(H,15,17). The van der Waals surface area contributed by atoms with Crippen LogP contribution in [0.4, 0.5) is 0 Å². The fourth-order valence-corrected chi connectivity index (χ4v) is 1.54. The van der Waals surface area contributed by atoms with Crippen LogP contribution in [-0.2, 0) is 11.4 Å². The predicted octanol–water partition coefficient (Wildman–Crippen LogP) is 1.86. The zero-order valence-corrected chi connectivity index (χ0v) is 10.8. The Balaban J connectivity index is 2.24. The Hall–Kier alpha value is -1.55. The first kappa shape index (κ1) is 14.5. The molecule has 0 fully saturated rings. The maximum atomic E-state index is 11.4. The Bertz CT molecular complexity index is 366. The number of amides is 1. The molecule has 18 heavy (non-hydrogen) atoms. The summed E-state index contributed by atoms with van der Waals surface area (Å²) in [5.74, 6) is 0.491. The molecule has 1 rings (SSSR count). The quantitative estimate of drug-likeness (QED) is 0.693. The molecular weight excluding hydrogens is 230 g/mol. The van der Waals surface area contributed by atoms with Gasteiger partial charge >= 0.3 is 0 Å². The number of hydrogen-bond acceptors (Lipinski definition) is 3. The number of aliphatic hydroxyl groups is 1. The van der Waals surface area contributed by atoms with E-state index in [0.29, 0.717) is 12.3 Å². The highest BCUT2D eigenvalue weighted by Crippen LogP contribution is 2.12. The van der Waals surface area contributed by atoms with E-state index in [1.165, 1.54) is 0 Å². The van der Waals surface area contributed by atoms with Gasteiger partial charge in [-0.2, -0.15) is 0 Å². The molecule has 2 N–H and O–H groups in total. The van der Waals surface area contributed by atoms with E-state index >= 15 is 0 Å². The molecule has 1 amide bonds. The van der Waals surface area contributed by atoms with Gasteiger partial charge in [-0.1, -0.05) is 31.9 Å². The topological polar surface area (TPSA) is 58.6 Å². The van der Waals surface area contributed by atoms with Crippen molar-refractivity contribution < 1.29 is 14.6 Å². The molecule has 0 atom stereocenters. The van der Waals surface area contributed by atoms with Crippen LogP contribution in [-0.4, -0.2) is 24.2 Å². The lowest BCUT2D eigenvalue weighted by Crippen LogP contribution is -2.29. The second-order valence-corrected chi connectivity index (χ2v) is 4.15. The predicted molar refractivity (Wildman–Crippen MR) is 70.4 cm³/mol. The van der Waals surface area contributed by atoms with Gasteiger partial charge in [0, 0.05) is 6.54 Å². The van der Waals surface area contributed by atoms with E-state index in [4.69, 9.17) is 9.84 Å². The molecule has 1 aromatic carbocycles. The maximum Gasteiger partial charge on any atom is 0.257 e. The minimum Gasteiger partial charge on any atom is -0.484 e. The molecule has 0 spiro atoms. The number of nitrogens with one attached hydrogen (secondary N) is 1. The third-order valence-electron chi connectivity index (χ3n) is 2.55. The zero-order chi connectivity index (χ0) is 13.2. The normalized spacial score (nSPS) is 10.1. The van der Waals surface area contributed by atoms with Crippen molar-refractivity contribution in [2.75, 3.05) is 13.2 Å². The fourth-order valence-electron chi connectivity index (χ4n) is 1.54. The van der Waals surface area contributed by atoms with Crippen LogP contribution in [0.25, 0.3) is 0 Å². The van der Waals surface area contributed by atoms with E-state index in [9.17, 15) is 4.79 Å². The zero-order valence-electron chi connectivity index (χ0n) is 10.8. The first-order valence-electron chi connectivity index (χ1n) is 6.35. The molecule has 0 aliphatic heterocycles. The van der Waals surface area contributed by atoms with Gasteiger partial charge < -0.3 is 15.2 Å². The fraction of sp³-hybridized carbons (Fsp3) is 0.500. The van der Waals surface area contributed by atoms with Crippen LogP contribution in [0.2, 0.25) is 0 Å². The average Bonchev–Trinajstić information content (AvgIpc) is 2.41. The number of ether oxygens (including phenoxy) is 1. The van der Waals surface area contributed by atoms with E-state index in [1.54, 1.807) is 24.3 Å². The Labute approximate surface area is 108 Å². The Kier molecular flexibility index (Phi) is 6.87. The third kappa shape index (κ3) is 5.68. The van der Waals surface area contributed by atoms with Crippen LogP contribution in [0.3, 0.4) is 0 Å². The van der Waals surface area contributed by atoms with Crippen LogP contribution < -0.4 is 10.1 Å². The second-order valence-electron chi connectivity index (χ2n) is 4.15. The van der Waals surface area contributed by atoms with Crippen molar-refractivity contribution in [1.82, 2.24) is 5.32 Å². The van der Waals surface area contributed by atoms with Gasteiger partial charge in [0.15, 0.2) is 6.61 Å². The number of benzene rings is 1. The van der Waals surface area contributed by atoms with Gasteiger partial charge in [-0.3, -0.25) is 4.79 Å². The first-order valence-corrected chi connectivity index (χ1v) is 6.35. The van der Waals surface area contributed by atoms with Gasteiger partial charge in [-0.25, -0.2) is 0 Å². The Morgan fingerprint density at radius 1 is 1.39 bits per heavy atom. The molecule has 0 saturated carbocycles. The first-order chi connectivity index (χ1) is 8.76. The molecule has 0 aliphatic rings. The summed E-state index contributed by atoms with van der Waals surface area (Å²) in [5, 5.41) is 11.8. The Morgan fingerprint density at radius 3 is 2.94 bits per heavy atom. The van der Waals surface area contributed by atoms with Crippen molar-refractivity contribution in [2.24, 2.45) is 0 Å². The van der Waals surface area contributed by atoms with Crippen molar-refractivity contribution in [3.8, 4) is 5.75 Å². The number of carbonyl (C=O) groups excluding carboxylic acids is 1. The van der Waals surface area contributed by atoms with Crippen molar-refractivity contribution in [3.63, 3.8) is 0 Å². The van der Waals surface area contributed by atoms with Crippen molar-refractivity contribution in [3.05, 3.63) is 29.8 Å². The molecule has 0 unspecified atom stereocenters. The highest BCUT2D eigenvalue weighted by Gasteiger charge is 2.02. The van der Waals surface area contributed by atoms with Crippen LogP contribution in [0.15, 0.2) is 24.3 Å². The van der Waals surface area contributed by atoms with E-state index in [1.807, 2.05) is 0 Å². The average molecular weight is 251 g/mol. The number of rotatable bonds is 8. The van der Waals surface area contributed by atoms with Gasteiger partial charge in [0.2, 0.25) is 0 Å². The second kappa shape index (κ2) is 8.53. The minimum atomic E-state index is -0.111. The van der Waals surface area contributed by atoms with Gasteiger partial charge in [-0.05, 0) is 24.1 Å². The molecule has 4 heteroatoms. The highest BCUT2D eigenvalue weighted by atomic mass is 16.5. The number of unbranched alkanes of at least 4 members (excludes halogenated alkanes) is 2. The molecule has 0 saturated heterocycles. The molecule has 0 heterocycles. The summed E-state index contributed by atoms with van der Waals surface area (Å²) in [6.07, 6.45) is 3.27. The van der Waals surface area contributed by atoms with Gasteiger partial charge in [0.05, 0.1) is 6.61 Å². The van der Waals surface area contributed by atoms with Gasteiger partial charge in [0.1, 0.15) is 5.75 Å². The van der Waals surface area contributed by atoms with E-state index in [2.05, 4.69) is 12.2 Å². The summed E-state index contributed by atoms with van der Waals surface area (Å²) in [6, 6.07) is 7.09. The summed E-state index contributed by atoms with van der Waals surface area (Å²) < 4.78 is 5.34. The lowest BCUT2D eigenvalue weighted by Gasteiger charge is -2.08. The molecule has 100 valence electrons. The summed E-state index contributed by atoms with van der Waals surface area (Å²) in [5.41, 5.74) is 0.774. The largest absolute Gasteiger partial charge is 0.484 e. The van der Waals surface area contributed by atoms with Crippen LogP contribution in [0.1, 0.15) is 31.7 Å². The monoisotopic (exact) mass is 251 g/mol. The molecule has 0 aromatic heterocycles. The summed E-state index contributed by atoms with van der Waals surface area (Å²) in [4.78, 5) is 11.4. The lowest BCUT2D eigenvalue weighted by atomic mass is 10.2. The van der Waals surface area contributed by atoms with E-state index < -0.39 is 0 Å². The van der Waals surface area contributed by atoms with E-state index in [0.717, 1.165) is 24.8 Å². The smallest absolute Gasteiger partial charge is 0.257 e.